The monoisotopic (exact) mass is 456 g/mol. The number of aliphatic hydroxyl groups is 1. The molecule has 1 amide bonds. The maximum absolute atomic E-state index is 12.1. The van der Waals surface area contributed by atoms with Gasteiger partial charge in [-0.05, 0) is 31.4 Å². The molecule has 2 aromatic rings. The first kappa shape index (κ1) is 23.1. The zero-order chi connectivity index (χ0) is 23.4. The number of aryl methyl sites for hydroxylation is 1. The lowest BCUT2D eigenvalue weighted by molar-refractivity contribution is 0.0705. The van der Waals surface area contributed by atoms with Gasteiger partial charge in [0.05, 0.1) is 30.6 Å². The number of primary amides is 1. The number of nitrogens with two attached hydrogens (primary N) is 1. The molecular formula is C23H32N6O4. The SMILES string of the molecule is CCc1nc(C(N)=O)c(Nc2ccc3c(c2)OC[C@H]2COCCN32)nc1NC(CC)CCO. The number of carbonyl (C=O) groups excluding carboxylic acids is 1. The van der Waals surface area contributed by atoms with Gasteiger partial charge in [0.2, 0.25) is 0 Å². The average Bonchev–Trinajstić information content (AvgIpc) is 2.83. The molecule has 0 aliphatic carbocycles. The summed E-state index contributed by atoms with van der Waals surface area (Å²) in [5, 5.41) is 15.9. The van der Waals surface area contributed by atoms with E-state index in [9.17, 15) is 9.90 Å². The van der Waals surface area contributed by atoms with Crippen LogP contribution in [0, 0.1) is 0 Å². The van der Waals surface area contributed by atoms with Gasteiger partial charge in [0, 0.05) is 30.9 Å². The number of hydrogen-bond acceptors (Lipinski definition) is 9. The predicted octanol–water partition coefficient (Wildman–Crippen LogP) is 2.05. The van der Waals surface area contributed by atoms with Crippen LogP contribution in [0.5, 0.6) is 5.75 Å². The van der Waals surface area contributed by atoms with Crippen molar-refractivity contribution < 1.29 is 19.4 Å². The Bertz CT molecular complexity index is 1000. The number of nitrogens with one attached hydrogen (secondary N) is 2. The van der Waals surface area contributed by atoms with Crippen LogP contribution >= 0.6 is 0 Å². The van der Waals surface area contributed by atoms with Crippen LogP contribution in [-0.2, 0) is 11.2 Å². The molecule has 2 atom stereocenters. The molecule has 1 unspecified atom stereocenters. The van der Waals surface area contributed by atoms with Gasteiger partial charge < -0.3 is 35.8 Å². The molecule has 0 bridgehead atoms. The smallest absolute Gasteiger partial charge is 0.271 e. The highest BCUT2D eigenvalue weighted by Crippen LogP contribution is 2.37. The topological polar surface area (TPSA) is 135 Å². The Balaban J connectivity index is 1.64. The maximum atomic E-state index is 12.1. The molecule has 4 rings (SSSR count). The third kappa shape index (κ3) is 4.96. The lowest BCUT2D eigenvalue weighted by atomic mass is 10.1. The van der Waals surface area contributed by atoms with E-state index >= 15 is 0 Å². The molecule has 1 aromatic heterocycles. The number of nitrogens with zero attached hydrogens (tertiary/aromatic N) is 3. The predicted molar refractivity (Wildman–Crippen MR) is 127 cm³/mol. The number of morpholine rings is 1. The van der Waals surface area contributed by atoms with E-state index < -0.39 is 5.91 Å². The highest BCUT2D eigenvalue weighted by atomic mass is 16.5. The molecule has 2 aliphatic rings. The minimum atomic E-state index is -0.654. The van der Waals surface area contributed by atoms with Crippen molar-refractivity contribution in [3.63, 3.8) is 0 Å². The van der Waals surface area contributed by atoms with E-state index in [1.807, 2.05) is 32.0 Å². The second-order valence-electron chi connectivity index (χ2n) is 8.24. The van der Waals surface area contributed by atoms with Gasteiger partial charge in [0.1, 0.15) is 12.4 Å². The number of aromatic nitrogens is 2. The lowest BCUT2D eigenvalue weighted by Crippen LogP contribution is -2.51. The van der Waals surface area contributed by atoms with Crippen molar-refractivity contribution in [3.8, 4) is 5.75 Å². The molecule has 178 valence electrons. The highest BCUT2D eigenvalue weighted by molar-refractivity contribution is 5.96. The van der Waals surface area contributed by atoms with Crippen molar-refractivity contribution in [1.82, 2.24) is 9.97 Å². The molecule has 5 N–H and O–H groups in total. The van der Waals surface area contributed by atoms with E-state index in [4.69, 9.17) is 15.2 Å². The molecule has 33 heavy (non-hydrogen) atoms. The van der Waals surface area contributed by atoms with Gasteiger partial charge in [0.15, 0.2) is 17.3 Å². The summed E-state index contributed by atoms with van der Waals surface area (Å²) in [5.41, 5.74) is 8.10. The summed E-state index contributed by atoms with van der Waals surface area (Å²) in [6.07, 6.45) is 1.99. The summed E-state index contributed by atoms with van der Waals surface area (Å²) < 4.78 is 11.5. The van der Waals surface area contributed by atoms with Crippen LogP contribution in [0.1, 0.15) is 42.9 Å². The average molecular weight is 457 g/mol. The third-order valence-electron chi connectivity index (χ3n) is 6.04. The Labute approximate surface area is 193 Å². The number of rotatable bonds is 9. The first-order valence-corrected chi connectivity index (χ1v) is 11.5. The Hall–Kier alpha value is -3.11. The van der Waals surface area contributed by atoms with Crippen LogP contribution in [-0.4, -0.2) is 66.0 Å². The number of carbonyl (C=O) groups is 1. The lowest BCUT2D eigenvalue weighted by Gasteiger charge is -2.41. The Morgan fingerprint density at radius 2 is 2.15 bits per heavy atom. The molecule has 3 heterocycles. The first-order chi connectivity index (χ1) is 16.0. The molecule has 0 saturated carbocycles. The zero-order valence-corrected chi connectivity index (χ0v) is 19.1. The number of benzene rings is 1. The molecule has 10 nitrogen and oxygen atoms in total. The van der Waals surface area contributed by atoms with E-state index in [1.54, 1.807) is 0 Å². The van der Waals surface area contributed by atoms with Crippen LogP contribution in [0.4, 0.5) is 23.0 Å². The van der Waals surface area contributed by atoms with Crippen LogP contribution in [0.25, 0.3) is 0 Å². The van der Waals surface area contributed by atoms with Crippen molar-refractivity contribution >= 4 is 28.9 Å². The highest BCUT2D eigenvalue weighted by Gasteiger charge is 2.30. The summed E-state index contributed by atoms with van der Waals surface area (Å²) in [6, 6.07) is 6.09. The Morgan fingerprint density at radius 3 is 2.88 bits per heavy atom. The van der Waals surface area contributed by atoms with Gasteiger partial charge in [-0.2, -0.15) is 0 Å². The largest absolute Gasteiger partial charge is 0.489 e. The van der Waals surface area contributed by atoms with E-state index in [0.717, 1.165) is 30.1 Å². The van der Waals surface area contributed by atoms with Crippen LogP contribution < -0.4 is 26.0 Å². The van der Waals surface area contributed by atoms with Crippen molar-refractivity contribution in [1.29, 1.82) is 0 Å². The summed E-state index contributed by atoms with van der Waals surface area (Å²) in [6.45, 7) is 6.79. The number of hydrogen-bond donors (Lipinski definition) is 4. The fourth-order valence-electron chi connectivity index (χ4n) is 4.20. The zero-order valence-electron chi connectivity index (χ0n) is 19.1. The molecule has 0 radical (unpaired) electrons. The van der Waals surface area contributed by atoms with Crippen LogP contribution in [0.2, 0.25) is 0 Å². The molecule has 1 aromatic carbocycles. The Kier molecular flexibility index (Phi) is 7.14. The third-order valence-corrected chi connectivity index (χ3v) is 6.04. The number of aliphatic hydroxyl groups excluding tert-OH is 1. The summed E-state index contributed by atoms with van der Waals surface area (Å²) in [7, 11) is 0. The number of anilines is 4. The van der Waals surface area contributed by atoms with Gasteiger partial charge in [-0.25, -0.2) is 9.97 Å². The number of ether oxygens (including phenoxy) is 2. The second kappa shape index (κ2) is 10.2. The van der Waals surface area contributed by atoms with E-state index in [0.29, 0.717) is 44.2 Å². The summed E-state index contributed by atoms with van der Waals surface area (Å²) in [4.78, 5) is 23.6. The summed E-state index contributed by atoms with van der Waals surface area (Å²) in [5.74, 6) is 0.972. The maximum Gasteiger partial charge on any atom is 0.271 e. The number of fused-ring (bicyclic) bond motifs is 3. The number of amides is 1. The van der Waals surface area contributed by atoms with Crippen molar-refractivity contribution in [2.24, 2.45) is 5.73 Å². The first-order valence-electron chi connectivity index (χ1n) is 11.5. The van der Waals surface area contributed by atoms with Crippen LogP contribution in [0.15, 0.2) is 18.2 Å². The molecule has 1 saturated heterocycles. The fourth-order valence-corrected chi connectivity index (χ4v) is 4.20. The molecule has 10 heteroatoms. The Morgan fingerprint density at radius 1 is 1.30 bits per heavy atom. The molecule has 2 aliphatic heterocycles. The van der Waals surface area contributed by atoms with E-state index in [-0.39, 0.29) is 30.2 Å². The van der Waals surface area contributed by atoms with Gasteiger partial charge in [0.25, 0.3) is 5.91 Å². The van der Waals surface area contributed by atoms with Crippen molar-refractivity contribution in [2.75, 3.05) is 48.5 Å². The van der Waals surface area contributed by atoms with Crippen molar-refractivity contribution in [2.45, 2.75) is 45.2 Å². The van der Waals surface area contributed by atoms with Gasteiger partial charge in [-0.1, -0.05) is 13.8 Å². The quantitative estimate of drug-likeness (QED) is 0.447. The van der Waals surface area contributed by atoms with E-state index in [2.05, 4.69) is 25.5 Å². The van der Waals surface area contributed by atoms with Crippen LogP contribution in [0.3, 0.4) is 0 Å². The summed E-state index contributed by atoms with van der Waals surface area (Å²) >= 11 is 0. The molecular weight excluding hydrogens is 424 g/mol. The fraction of sp³-hybridized carbons (Fsp3) is 0.522. The van der Waals surface area contributed by atoms with Gasteiger partial charge in [-0.3, -0.25) is 4.79 Å². The standard InChI is InChI=1S/C23H32N6O4/c1-3-14(7-9-30)25-22-17(4-2)27-20(21(24)31)23(28-22)26-15-5-6-18-19(11-15)33-13-16-12-32-10-8-29(16)18/h5-6,11,14,16,30H,3-4,7-10,12-13H2,1-2H3,(H2,24,31)(H2,25,26,28)/t14?,16-/m1/s1. The normalized spacial score (nSPS) is 18.0. The van der Waals surface area contributed by atoms with Crippen molar-refractivity contribution in [3.05, 3.63) is 29.6 Å². The van der Waals surface area contributed by atoms with Gasteiger partial charge in [-0.15, -0.1) is 0 Å². The molecule has 0 spiro atoms. The molecule has 1 fully saturated rings. The minimum Gasteiger partial charge on any atom is -0.489 e. The second-order valence-corrected chi connectivity index (χ2v) is 8.24. The minimum absolute atomic E-state index is 0.0421. The van der Waals surface area contributed by atoms with Gasteiger partial charge >= 0.3 is 0 Å². The van der Waals surface area contributed by atoms with E-state index in [1.165, 1.54) is 0 Å².